The number of thiophene rings is 1. The first kappa shape index (κ1) is 17.8. The summed E-state index contributed by atoms with van der Waals surface area (Å²) in [5, 5.41) is 0. The lowest BCUT2D eigenvalue weighted by Crippen LogP contribution is -1.91. The van der Waals surface area contributed by atoms with Gasteiger partial charge in [-0.15, -0.1) is 11.3 Å². The first-order valence-corrected chi connectivity index (χ1v) is 8.92. The Bertz CT molecular complexity index is 719. The van der Waals surface area contributed by atoms with Gasteiger partial charge in [0.25, 0.3) is 0 Å². The lowest BCUT2D eigenvalue weighted by molar-refractivity contribution is 0.105. The molecule has 122 valence electrons. The van der Waals surface area contributed by atoms with Crippen molar-refractivity contribution in [1.29, 1.82) is 0 Å². The molecule has 0 saturated carbocycles. The Morgan fingerprint density at radius 1 is 1.22 bits per heavy atom. The molecule has 0 amide bonds. The number of allylic oxidation sites excluding steroid dienone is 1. The van der Waals surface area contributed by atoms with Gasteiger partial charge in [0.2, 0.25) is 0 Å². The van der Waals surface area contributed by atoms with Gasteiger partial charge in [-0.1, -0.05) is 25.5 Å². The van der Waals surface area contributed by atoms with Crippen LogP contribution in [0.2, 0.25) is 0 Å². The zero-order valence-corrected chi connectivity index (χ0v) is 15.8. The van der Waals surface area contributed by atoms with Gasteiger partial charge < -0.3 is 9.47 Å². The summed E-state index contributed by atoms with van der Waals surface area (Å²) in [6.07, 6.45) is 5.43. The van der Waals surface area contributed by atoms with Crippen LogP contribution in [0.15, 0.2) is 34.8 Å². The fourth-order valence-electron chi connectivity index (χ4n) is 2.14. The summed E-state index contributed by atoms with van der Waals surface area (Å²) in [5.41, 5.74) is 0.889. The van der Waals surface area contributed by atoms with Crippen LogP contribution in [0, 0.1) is 0 Å². The molecule has 0 atom stereocenters. The third kappa shape index (κ3) is 4.45. The number of halogens is 1. The molecule has 1 aromatic carbocycles. The molecular weight excluding hydrogens is 376 g/mol. The number of benzene rings is 1. The third-order valence-corrected chi connectivity index (χ3v) is 5.49. The minimum atomic E-state index is 0.00726. The van der Waals surface area contributed by atoms with Crippen molar-refractivity contribution in [3.8, 4) is 11.5 Å². The third-order valence-electron chi connectivity index (χ3n) is 3.31. The molecule has 0 aliphatic rings. The average Bonchev–Trinajstić information content (AvgIpc) is 2.93. The van der Waals surface area contributed by atoms with Gasteiger partial charge >= 0.3 is 0 Å². The van der Waals surface area contributed by atoms with Crippen molar-refractivity contribution in [3.63, 3.8) is 0 Å². The maximum atomic E-state index is 12.3. The van der Waals surface area contributed by atoms with E-state index in [0.717, 1.165) is 27.8 Å². The predicted octanol–water partition coefficient (Wildman–Crippen LogP) is 5.38. The van der Waals surface area contributed by atoms with Crippen LogP contribution in [0.3, 0.4) is 0 Å². The molecule has 0 aliphatic heterocycles. The highest BCUT2D eigenvalue weighted by Gasteiger charge is 2.11. The summed E-state index contributed by atoms with van der Waals surface area (Å²) in [4.78, 5) is 14.3. The fourth-order valence-corrected chi connectivity index (χ4v) is 4.03. The quantitative estimate of drug-likeness (QED) is 0.467. The van der Waals surface area contributed by atoms with Crippen molar-refractivity contribution in [3.05, 3.63) is 50.1 Å². The maximum absolute atomic E-state index is 12.3. The molecule has 0 N–H and O–H groups in total. The minimum Gasteiger partial charge on any atom is -0.493 e. The molecule has 1 aromatic heterocycles. The molecule has 5 heteroatoms. The lowest BCUT2D eigenvalue weighted by atomic mass is 10.1. The average molecular weight is 395 g/mol. The second-order valence-corrected chi connectivity index (χ2v) is 6.93. The first-order valence-electron chi connectivity index (χ1n) is 7.31. The smallest absolute Gasteiger partial charge is 0.195 e. The minimum absolute atomic E-state index is 0.00726. The van der Waals surface area contributed by atoms with E-state index in [1.165, 1.54) is 4.88 Å². The van der Waals surface area contributed by atoms with E-state index in [9.17, 15) is 4.79 Å². The van der Waals surface area contributed by atoms with E-state index >= 15 is 0 Å². The zero-order chi connectivity index (χ0) is 16.8. The van der Waals surface area contributed by atoms with Gasteiger partial charge in [0.15, 0.2) is 17.3 Å². The Balaban J connectivity index is 2.16. The second-order valence-electron chi connectivity index (χ2n) is 4.94. The van der Waals surface area contributed by atoms with Crippen LogP contribution in [-0.2, 0) is 6.42 Å². The van der Waals surface area contributed by atoms with Crippen molar-refractivity contribution in [2.75, 3.05) is 14.2 Å². The van der Waals surface area contributed by atoms with Crippen molar-refractivity contribution in [2.45, 2.75) is 19.8 Å². The SMILES string of the molecule is CCCc1sc(C(=O)/C=C/c2ccc(OC)c(OC)c2)cc1Br. The molecule has 0 aliphatic carbocycles. The van der Waals surface area contributed by atoms with Crippen LogP contribution < -0.4 is 9.47 Å². The highest BCUT2D eigenvalue weighted by atomic mass is 79.9. The van der Waals surface area contributed by atoms with E-state index in [-0.39, 0.29) is 5.78 Å². The molecule has 2 rings (SSSR count). The molecule has 23 heavy (non-hydrogen) atoms. The van der Waals surface area contributed by atoms with Gasteiger partial charge in [-0.3, -0.25) is 4.79 Å². The molecule has 0 radical (unpaired) electrons. The van der Waals surface area contributed by atoms with Gasteiger partial charge in [-0.2, -0.15) is 0 Å². The Morgan fingerprint density at radius 3 is 2.61 bits per heavy atom. The molecule has 0 fully saturated rings. The van der Waals surface area contributed by atoms with E-state index in [2.05, 4.69) is 22.9 Å². The second kappa shape index (κ2) is 8.31. The van der Waals surface area contributed by atoms with Crippen LogP contribution in [0.5, 0.6) is 11.5 Å². The summed E-state index contributed by atoms with van der Waals surface area (Å²) >= 11 is 5.07. The monoisotopic (exact) mass is 394 g/mol. The van der Waals surface area contributed by atoms with E-state index in [0.29, 0.717) is 11.5 Å². The van der Waals surface area contributed by atoms with Crippen molar-refractivity contribution >= 4 is 39.1 Å². The van der Waals surface area contributed by atoms with Gasteiger partial charge in [-0.05, 0) is 52.2 Å². The number of ether oxygens (including phenoxy) is 2. The number of carbonyl (C=O) groups is 1. The van der Waals surface area contributed by atoms with Gasteiger partial charge in [-0.25, -0.2) is 0 Å². The van der Waals surface area contributed by atoms with Crippen LogP contribution in [-0.4, -0.2) is 20.0 Å². The molecule has 0 unspecified atom stereocenters. The molecule has 1 heterocycles. The van der Waals surface area contributed by atoms with E-state index in [1.54, 1.807) is 37.7 Å². The largest absolute Gasteiger partial charge is 0.493 e. The number of ketones is 1. The molecular formula is C18H19BrO3S. The molecule has 0 saturated heterocycles. The van der Waals surface area contributed by atoms with E-state index in [4.69, 9.17) is 9.47 Å². The molecule has 0 spiro atoms. The van der Waals surface area contributed by atoms with Crippen molar-refractivity contribution in [1.82, 2.24) is 0 Å². The summed E-state index contributed by atoms with van der Waals surface area (Å²) in [6.45, 7) is 2.13. The summed E-state index contributed by atoms with van der Waals surface area (Å²) < 4.78 is 11.5. The fraction of sp³-hybridized carbons (Fsp3) is 0.278. The normalized spacial score (nSPS) is 11.0. The maximum Gasteiger partial charge on any atom is 0.195 e. The number of methoxy groups -OCH3 is 2. The van der Waals surface area contributed by atoms with Crippen LogP contribution >= 0.6 is 27.3 Å². The summed E-state index contributed by atoms with van der Waals surface area (Å²) in [5.74, 6) is 1.32. The molecule has 3 nitrogen and oxygen atoms in total. The van der Waals surface area contributed by atoms with Crippen LogP contribution in [0.4, 0.5) is 0 Å². The van der Waals surface area contributed by atoms with Crippen LogP contribution in [0.25, 0.3) is 6.08 Å². The number of carbonyl (C=O) groups excluding carboxylic acids is 1. The highest BCUT2D eigenvalue weighted by molar-refractivity contribution is 9.10. The zero-order valence-electron chi connectivity index (χ0n) is 13.4. The van der Waals surface area contributed by atoms with E-state index < -0.39 is 0 Å². The Labute approximate surface area is 149 Å². The van der Waals surface area contributed by atoms with Gasteiger partial charge in [0.05, 0.1) is 19.1 Å². The predicted molar refractivity (Wildman–Crippen MR) is 98.9 cm³/mol. The first-order chi connectivity index (χ1) is 11.1. The van der Waals surface area contributed by atoms with Crippen molar-refractivity contribution in [2.24, 2.45) is 0 Å². The molecule has 0 bridgehead atoms. The topological polar surface area (TPSA) is 35.5 Å². The number of rotatable bonds is 7. The highest BCUT2D eigenvalue weighted by Crippen LogP contribution is 2.30. The van der Waals surface area contributed by atoms with Crippen molar-refractivity contribution < 1.29 is 14.3 Å². The Hall–Kier alpha value is -1.59. The number of aryl methyl sites for hydroxylation is 1. The van der Waals surface area contributed by atoms with Gasteiger partial charge in [0, 0.05) is 9.35 Å². The van der Waals surface area contributed by atoms with Crippen LogP contribution in [0.1, 0.15) is 33.5 Å². The number of hydrogen-bond donors (Lipinski definition) is 0. The van der Waals surface area contributed by atoms with Gasteiger partial charge in [0.1, 0.15) is 0 Å². The Morgan fingerprint density at radius 2 is 1.96 bits per heavy atom. The standard InChI is InChI=1S/C18H19BrO3S/c1-4-5-17-13(19)11-18(23-17)14(20)8-6-12-7-9-15(21-2)16(10-12)22-3/h6-11H,4-5H2,1-3H3/b8-6+. The summed E-state index contributed by atoms with van der Waals surface area (Å²) in [6, 6.07) is 7.45. The molecule has 2 aromatic rings. The Kier molecular flexibility index (Phi) is 6.42. The lowest BCUT2D eigenvalue weighted by Gasteiger charge is -2.07. The summed E-state index contributed by atoms with van der Waals surface area (Å²) in [7, 11) is 3.19. The number of hydrogen-bond acceptors (Lipinski definition) is 4. The van der Waals surface area contributed by atoms with E-state index in [1.807, 2.05) is 24.3 Å².